The molecular formula is C16H25N5O2. The third-order valence-corrected chi connectivity index (χ3v) is 4.18. The van der Waals surface area contributed by atoms with Crippen molar-refractivity contribution >= 4 is 17.6 Å². The molecule has 2 heterocycles. The molecule has 0 bridgehead atoms. The zero-order valence-electron chi connectivity index (χ0n) is 13.8. The van der Waals surface area contributed by atoms with Crippen molar-refractivity contribution in [2.24, 2.45) is 11.5 Å². The fourth-order valence-electron chi connectivity index (χ4n) is 2.95. The molecule has 0 saturated carbocycles. The van der Waals surface area contributed by atoms with E-state index in [9.17, 15) is 9.59 Å². The summed E-state index contributed by atoms with van der Waals surface area (Å²) in [6.45, 7) is 6.13. The van der Waals surface area contributed by atoms with Crippen molar-refractivity contribution < 1.29 is 9.59 Å². The van der Waals surface area contributed by atoms with E-state index in [1.165, 1.54) is 0 Å². The average Bonchev–Trinajstić information content (AvgIpc) is 2.54. The van der Waals surface area contributed by atoms with Crippen molar-refractivity contribution in [1.29, 1.82) is 0 Å². The number of hydrogen-bond donors (Lipinski definition) is 2. The summed E-state index contributed by atoms with van der Waals surface area (Å²) in [6, 6.07) is 3.36. The van der Waals surface area contributed by atoms with E-state index in [-0.39, 0.29) is 5.91 Å². The van der Waals surface area contributed by atoms with Gasteiger partial charge in [0.25, 0.3) is 5.91 Å². The molecule has 23 heavy (non-hydrogen) atoms. The minimum Gasteiger partial charge on any atom is -0.365 e. The van der Waals surface area contributed by atoms with Crippen molar-refractivity contribution in [3.63, 3.8) is 0 Å². The van der Waals surface area contributed by atoms with Crippen LogP contribution in [0.25, 0.3) is 0 Å². The fraction of sp³-hybridized carbons (Fsp3) is 0.562. The Bertz CT molecular complexity index is 580. The molecule has 0 spiro atoms. The van der Waals surface area contributed by atoms with Gasteiger partial charge in [-0.2, -0.15) is 0 Å². The summed E-state index contributed by atoms with van der Waals surface area (Å²) < 4.78 is 0. The van der Waals surface area contributed by atoms with Crippen LogP contribution in [-0.4, -0.2) is 53.4 Å². The quantitative estimate of drug-likeness (QED) is 0.814. The predicted molar refractivity (Wildman–Crippen MR) is 89.0 cm³/mol. The third kappa shape index (κ3) is 3.79. The highest BCUT2D eigenvalue weighted by atomic mass is 16.2. The molecule has 0 radical (unpaired) electrons. The van der Waals surface area contributed by atoms with Gasteiger partial charge in [0.15, 0.2) is 0 Å². The van der Waals surface area contributed by atoms with E-state index in [0.29, 0.717) is 44.0 Å². The number of aromatic nitrogens is 1. The molecule has 1 aromatic heterocycles. The summed E-state index contributed by atoms with van der Waals surface area (Å²) in [5.41, 5.74) is 11.1. The van der Waals surface area contributed by atoms with Gasteiger partial charge in [-0.15, -0.1) is 0 Å². The second-order valence-corrected chi connectivity index (χ2v) is 6.19. The number of pyridine rings is 1. The number of nitrogens with two attached hydrogens (primary N) is 2. The molecule has 1 aliphatic rings. The Morgan fingerprint density at radius 1 is 1.30 bits per heavy atom. The minimum atomic E-state index is -0.819. The van der Waals surface area contributed by atoms with E-state index in [4.69, 9.17) is 11.5 Å². The van der Waals surface area contributed by atoms with Gasteiger partial charge in [0, 0.05) is 32.4 Å². The average molecular weight is 319 g/mol. The standard InChI is InChI=1S/C16H25N5O2/c1-3-6-16(2,18)15(23)21-10-8-20(9-11-21)14-12(13(17)22)5-4-7-19-14/h4-5,7H,3,6,8-11,18H2,1-2H3,(H2,17,22). The first-order valence-electron chi connectivity index (χ1n) is 7.95. The highest BCUT2D eigenvalue weighted by molar-refractivity contribution is 5.97. The summed E-state index contributed by atoms with van der Waals surface area (Å²) in [5.74, 6) is 0.0652. The number of anilines is 1. The number of carbonyl (C=O) groups excluding carboxylic acids is 2. The van der Waals surface area contributed by atoms with Gasteiger partial charge >= 0.3 is 0 Å². The molecule has 1 aromatic rings. The molecule has 2 rings (SSSR count). The van der Waals surface area contributed by atoms with Crippen molar-refractivity contribution in [3.05, 3.63) is 23.9 Å². The van der Waals surface area contributed by atoms with E-state index >= 15 is 0 Å². The summed E-state index contributed by atoms with van der Waals surface area (Å²) in [6.07, 6.45) is 3.17. The number of rotatable bonds is 5. The monoisotopic (exact) mass is 319 g/mol. The highest BCUT2D eigenvalue weighted by Crippen LogP contribution is 2.20. The Kier molecular flexibility index (Phi) is 5.20. The normalized spacial score (nSPS) is 17.7. The van der Waals surface area contributed by atoms with E-state index in [0.717, 1.165) is 6.42 Å². The number of hydrogen-bond acceptors (Lipinski definition) is 5. The molecular weight excluding hydrogens is 294 g/mol. The number of amides is 2. The Labute approximate surface area is 136 Å². The smallest absolute Gasteiger partial charge is 0.252 e. The van der Waals surface area contributed by atoms with Crippen molar-refractivity contribution in [1.82, 2.24) is 9.88 Å². The topological polar surface area (TPSA) is 106 Å². The van der Waals surface area contributed by atoms with Gasteiger partial charge in [-0.25, -0.2) is 4.98 Å². The highest BCUT2D eigenvalue weighted by Gasteiger charge is 2.34. The first-order valence-corrected chi connectivity index (χ1v) is 7.95. The first kappa shape index (κ1) is 17.2. The summed E-state index contributed by atoms with van der Waals surface area (Å²) in [5, 5.41) is 0. The van der Waals surface area contributed by atoms with Crippen LogP contribution >= 0.6 is 0 Å². The minimum absolute atomic E-state index is 0.0184. The maximum absolute atomic E-state index is 12.5. The molecule has 1 aliphatic heterocycles. The van der Waals surface area contributed by atoms with Crippen molar-refractivity contribution in [3.8, 4) is 0 Å². The summed E-state index contributed by atoms with van der Waals surface area (Å²) >= 11 is 0. The molecule has 126 valence electrons. The van der Waals surface area contributed by atoms with Gasteiger partial charge in [-0.3, -0.25) is 9.59 Å². The van der Waals surface area contributed by atoms with Crippen LogP contribution in [0.4, 0.5) is 5.82 Å². The number of carbonyl (C=O) groups is 2. The lowest BCUT2D eigenvalue weighted by Crippen LogP contribution is -2.58. The molecule has 7 heteroatoms. The first-order chi connectivity index (χ1) is 10.9. The molecule has 4 N–H and O–H groups in total. The Hall–Kier alpha value is -2.15. The van der Waals surface area contributed by atoms with Crippen LogP contribution < -0.4 is 16.4 Å². The summed E-state index contributed by atoms with van der Waals surface area (Å²) in [4.78, 5) is 32.1. The van der Waals surface area contributed by atoms with Gasteiger partial charge in [0.2, 0.25) is 5.91 Å². The predicted octanol–water partition coefficient (Wildman–Crippen LogP) is 0.347. The zero-order valence-corrected chi connectivity index (χ0v) is 13.8. The van der Waals surface area contributed by atoms with Gasteiger partial charge < -0.3 is 21.3 Å². The van der Waals surface area contributed by atoms with Gasteiger partial charge in [0.05, 0.1) is 11.1 Å². The van der Waals surface area contributed by atoms with Crippen LogP contribution in [0.3, 0.4) is 0 Å². The van der Waals surface area contributed by atoms with E-state index in [1.54, 1.807) is 30.2 Å². The molecule has 2 amide bonds. The fourth-order valence-corrected chi connectivity index (χ4v) is 2.95. The number of piperazine rings is 1. The molecule has 0 aromatic carbocycles. The lowest BCUT2D eigenvalue weighted by Gasteiger charge is -2.39. The Morgan fingerprint density at radius 3 is 2.52 bits per heavy atom. The van der Waals surface area contributed by atoms with Crippen LogP contribution in [0.15, 0.2) is 18.3 Å². The van der Waals surface area contributed by atoms with Crippen LogP contribution in [0.2, 0.25) is 0 Å². The molecule has 7 nitrogen and oxygen atoms in total. The molecule has 1 atom stereocenters. The lowest BCUT2D eigenvalue weighted by atomic mass is 9.95. The van der Waals surface area contributed by atoms with Crippen LogP contribution in [-0.2, 0) is 4.79 Å². The Morgan fingerprint density at radius 2 is 1.96 bits per heavy atom. The van der Waals surface area contributed by atoms with Gasteiger partial charge in [-0.05, 0) is 25.5 Å². The molecule has 1 unspecified atom stereocenters. The third-order valence-electron chi connectivity index (χ3n) is 4.18. The van der Waals surface area contributed by atoms with Gasteiger partial charge in [-0.1, -0.05) is 13.3 Å². The number of primary amides is 1. The SMILES string of the molecule is CCCC(C)(N)C(=O)N1CCN(c2ncccc2C(N)=O)CC1. The maximum atomic E-state index is 12.5. The van der Waals surface area contributed by atoms with E-state index in [2.05, 4.69) is 4.98 Å². The van der Waals surface area contributed by atoms with Crippen molar-refractivity contribution in [2.45, 2.75) is 32.2 Å². The Balaban J connectivity index is 2.05. The maximum Gasteiger partial charge on any atom is 0.252 e. The largest absolute Gasteiger partial charge is 0.365 e. The number of nitrogens with zero attached hydrogens (tertiary/aromatic N) is 3. The second-order valence-electron chi connectivity index (χ2n) is 6.19. The molecule has 1 fully saturated rings. The van der Waals surface area contributed by atoms with E-state index in [1.807, 2.05) is 11.8 Å². The van der Waals surface area contributed by atoms with Crippen molar-refractivity contribution in [2.75, 3.05) is 31.1 Å². The van der Waals surface area contributed by atoms with Crippen LogP contribution in [0.5, 0.6) is 0 Å². The molecule has 0 aliphatic carbocycles. The molecule has 1 saturated heterocycles. The lowest BCUT2D eigenvalue weighted by molar-refractivity contribution is -0.137. The second kappa shape index (κ2) is 6.95. The van der Waals surface area contributed by atoms with Crippen LogP contribution in [0.1, 0.15) is 37.0 Å². The van der Waals surface area contributed by atoms with Gasteiger partial charge in [0.1, 0.15) is 5.82 Å². The summed E-state index contributed by atoms with van der Waals surface area (Å²) in [7, 11) is 0. The van der Waals surface area contributed by atoms with Crippen LogP contribution in [0, 0.1) is 0 Å². The zero-order chi connectivity index (χ0) is 17.0. The van der Waals surface area contributed by atoms with E-state index < -0.39 is 11.4 Å².